The minimum absolute atomic E-state index is 0.0271. The van der Waals surface area contributed by atoms with E-state index in [4.69, 9.17) is 16.2 Å². The summed E-state index contributed by atoms with van der Waals surface area (Å²) in [6.07, 6.45) is 3.64. The molecule has 3 unspecified atom stereocenters. The summed E-state index contributed by atoms with van der Waals surface area (Å²) >= 11 is 0. The highest BCUT2D eigenvalue weighted by Crippen LogP contribution is 2.48. The van der Waals surface area contributed by atoms with E-state index in [1.165, 1.54) is 11.7 Å². The summed E-state index contributed by atoms with van der Waals surface area (Å²) in [5.74, 6) is 0.224. The molecule has 2 heterocycles. The van der Waals surface area contributed by atoms with Crippen molar-refractivity contribution in [1.82, 2.24) is 9.55 Å². The van der Waals surface area contributed by atoms with Gasteiger partial charge in [0.1, 0.15) is 11.2 Å². The highest BCUT2D eigenvalue weighted by Gasteiger charge is 2.43. The summed E-state index contributed by atoms with van der Waals surface area (Å²) in [6, 6.07) is 0.0687. The average Bonchev–Trinajstić information content (AvgIpc) is 3.30. The van der Waals surface area contributed by atoms with Gasteiger partial charge in [-0.1, -0.05) is 0 Å². The van der Waals surface area contributed by atoms with Crippen molar-refractivity contribution in [2.24, 2.45) is 17.6 Å². The molecule has 150 valence electrons. The molecule has 9 heteroatoms. The molecular formula is C19H24FN5O3. The number of nitrogen functional groups attached to an aromatic ring is 1. The summed E-state index contributed by atoms with van der Waals surface area (Å²) in [5, 5.41) is -0.0271. The van der Waals surface area contributed by atoms with Crippen molar-refractivity contribution in [1.29, 1.82) is 0 Å². The molecule has 3 aliphatic rings. The highest BCUT2D eigenvalue weighted by atomic mass is 19.1. The molecule has 2 aromatic rings. The fourth-order valence-electron chi connectivity index (χ4n) is 5.12. The van der Waals surface area contributed by atoms with Crippen molar-refractivity contribution in [3.05, 3.63) is 26.7 Å². The monoisotopic (exact) mass is 389 g/mol. The third-order valence-corrected chi connectivity index (χ3v) is 6.63. The van der Waals surface area contributed by atoms with Crippen LogP contribution in [0.4, 0.5) is 15.8 Å². The summed E-state index contributed by atoms with van der Waals surface area (Å²) in [4.78, 5) is 29.2. The number of aromatic nitrogens is 2. The van der Waals surface area contributed by atoms with Crippen molar-refractivity contribution < 1.29 is 9.13 Å². The second-order valence-electron chi connectivity index (χ2n) is 8.26. The molecule has 3 atom stereocenters. The lowest BCUT2D eigenvalue weighted by atomic mass is 9.98. The van der Waals surface area contributed by atoms with E-state index in [9.17, 15) is 9.59 Å². The van der Waals surface area contributed by atoms with Gasteiger partial charge in [0.15, 0.2) is 11.6 Å². The lowest BCUT2D eigenvalue weighted by Crippen LogP contribution is -2.33. The molecule has 2 aliphatic carbocycles. The van der Waals surface area contributed by atoms with Gasteiger partial charge in [-0.15, -0.1) is 0 Å². The Morgan fingerprint density at radius 2 is 1.93 bits per heavy atom. The number of anilines is 2. The van der Waals surface area contributed by atoms with Crippen molar-refractivity contribution in [2.75, 3.05) is 30.8 Å². The number of nitrogens with two attached hydrogens (primary N) is 2. The van der Waals surface area contributed by atoms with E-state index < -0.39 is 17.1 Å². The number of ether oxygens (including phenoxy) is 1. The molecule has 3 fully saturated rings. The second kappa shape index (κ2) is 5.97. The van der Waals surface area contributed by atoms with Crippen LogP contribution in [0.1, 0.15) is 31.7 Å². The molecule has 0 amide bonds. The van der Waals surface area contributed by atoms with Gasteiger partial charge in [0.05, 0.1) is 18.2 Å². The Morgan fingerprint density at radius 1 is 1.18 bits per heavy atom. The smallest absolute Gasteiger partial charge is 0.329 e. The first-order valence-corrected chi connectivity index (χ1v) is 9.76. The number of benzene rings is 1. The molecule has 2 saturated carbocycles. The first-order valence-electron chi connectivity index (χ1n) is 9.76. The molecule has 28 heavy (non-hydrogen) atoms. The minimum atomic E-state index is -0.696. The standard InChI is InChI=1S/C19H24FN5O3/c1-28-17-15-12(18(26)23-19(27)25(15)9-3-4-9)14(22)13(20)16(17)24-6-8-2-5-11(21)10(8)7-24/h8-11H,2-7,21-22H2,1H3,(H,23,26,27). The summed E-state index contributed by atoms with van der Waals surface area (Å²) in [6.45, 7) is 1.27. The van der Waals surface area contributed by atoms with Crippen LogP contribution in [0.25, 0.3) is 10.9 Å². The number of nitrogens with zero attached hydrogens (tertiary/aromatic N) is 2. The molecule has 1 aromatic carbocycles. The van der Waals surface area contributed by atoms with E-state index in [2.05, 4.69) is 4.98 Å². The van der Waals surface area contributed by atoms with Gasteiger partial charge in [0, 0.05) is 25.2 Å². The molecule has 8 nitrogen and oxygen atoms in total. The first-order chi connectivity index (χ1) is 13.4. The predicted octanol–water partition coefficient (Wildman–Crippen LogP) is 0.928. The topological polar surface area (TPSA) is 119 Å². The zero-order chi connectivity index (χ0) is 19.7. The average molecular weight is 389 g/mol. The SMILES string of the molecule is COc1c(N2CC3CCC(N)C3C2)c(F)c(N)c2c(=O)[nH]c(=O)n(C3CC3)c12. The minimum Gasteiger partial charge on any atom is -0.492 e. The molecule has 1 aromatic heterocycles. The van der Waals surface area contributed by atoms with Gasteiger partial charge < -0.3 is 21.1 Å². The summed E-state index contributed by atoms with van der Waals surface area (Å²) < 4.78 is 22.5. The van der Waals surface area contributed by atoms with E-state index in [0.717, 1.165) is 25.7 Å². The van der Waals surface area contributed by atoms with E-state index in [-0.39, 0.29) is 40.1 Å². The molecule has 1 aliphatic heterocycles. The lowest BCUT2D eigenvalue weighted by Gasteiger charge is -2.26. The Morgan fingerprint density at radius 3 is 2.57 bits per heavy atom. The van der Waals surface area contributed by atoms with Crippen LogP contribution < -0.4 is 32.4 Å². The summed E-state index contributed by atoms with van der Waals surface area (Å²) in [5.41, 5.74) is 11.4. The van der Waals surface area contributed by atoms with Crippen LogP contribution in [0.5, 0.6) is 5.75 Å². The quantitative estimate of drug-likeness (QED) is 0.672. The zero-order valence-electron chi connectivity index (χ0n) is 15.7. The van der Waals surface area contributed by atoms with Crippen LogP contribution in [-0.2, 0) is 0 Å². The number of rotatable bonds is 3. The number of fused-ring (bicyclic) bond motifs is 2. The maximum absolute atomic E-state index is 15.4. The number of halogens is 1. The highest BCUT2D eigenvalue weighted by molar-refractivity contribution is 5.99. The third kappa shape index (κ3) is 2.32. The first kappa shape index (κ1) is 17.5. The maximum Gasteiger partial charge on any atom is 0.329 e. The zero-order valence-corrected chi connectivity index (χ0v) is 15.7. The van der Waals surface area contributed by atoms with Gasteiger partial charge in [-0.2, -0.15) is 0 Å². The maximum atomic E-state index is 15.4. The van der Waals surface area contributed by atoms with E-state index in [0.29, 0.717) is 24.9 Å². The Bertz CT molecular complexity index is 1090. The third-order valence-electron chi connectivity index (χ3n) is 6.63. The van der Waals surface area contributed by atoms with E-state index >= 15 is 4.39 Å². The van der Waals surface area contributed by atoms with Gasteiger partial charge >= 0.3 is 5.69 Å². The van der Waals surface area contributed by atoms with Crippen molar-refractivity contribution >= 4 is 22.3 Å². The fraction of sp³-hybridized carbons (Fsp3) is 0.579. The number of methoxy groups -OCH3 is 1. The van der Waals surface area contributed by atoms with Gasteiger partial charge in [-0.25, -0.2) is 9.18 Å². The van der Waals surface area contributed by atoms with Gasteiger partial charge in [-0.05, 0) is 37.5 Å². The number of hydrogen-bond acceptors (Lipinski definition) is 6. The molecule has 5 rings (SSSR count). The van der Waals surface area contributed by atoms with E-state index in [1.807, 2.05) is 4.90 Å². The van der Waals surface area contributed by atoms with Crippen molar-refractivity contribution in [2.45, 2.75) is 37.8 Å². The van der Waals surface area contributed by atoms with Crippen LogP contribution >= 0.6 is 0 Å². The van der Waals surface area contributed by atoms with Crippen LogP contribution in [0, 0.1) is 17.7 Å². The second-order valence-corrected chi connectivity index (χ2v) is 8.26. The number of H-pyrrole nitrogens is 1. The van der Waals surface area contributed by atoms with Crippen LogP contribution in [0.2, 0.25) is 0 Å². The van der Waals surface area contributed by atoms with E-state index in [1.54, 1.807) is 0 Å². The molecule has 0 radical (unpaired) electrons. The van der Waals surface area contributed by atoms with Crippen LogP contribution in [0.3, 0.4) is 0 Å². The van der Waals surface area contributed by atoms with Gasteiger partial charge in [0.25, 0.3) is 5.56 Å². The molecular weight excluding hydrogens is 365 g/mol. The van der Waals surface area contributed by atoms with Gasteiger partial charge in [-0.3, -0.25) is 14.3 Å². The van der Waals surface area contributed by atoms with Crippen molar-refractivity contribution in [3.8, 4) is 5.75 Å². The summed E-state index contributed by atoms with van der Waals surface area (Å²) in [7, 11) is 1.43. The Hall–Kier alpha value is -2.55. The molecule has 0 spiro atoms. The number of aromatic amines is 1. The predicted molar refractivity (Wildman–Crippen MR) is 104 cm³/mol. The normalized spacial score (nSPS) is 26.8. The number of nitrogens with one attached hydrogen (secondary N) is 1. The van der Waals surface area contributed by atoms with Crippen molar-refractivity contribution in [3.63, 3.8) is 0 Å². The Balaban J connectivity index is 1.79. The molecule has 5 N–H and O–H groups in total. The largest absolute Gasteiger partial charge is 0.492 e. The molecule has 0 bridgehead atoms. The molecule has 1 saturated heterocycles. The number of hydrogen-bond donors (Lipinski definition) is 3. The van der Waals surface area contributed by atoms with Crippen LogP contribution in [-0.4, -0.2) is 35.8 Å². The Kier molecular flexibility index (Phi) is 3.74. The Labute approximate surface area is 160 Å². The lowest BCUT2D eigenvalue weighted by molar-refractivity contribution is 0.412. The van der Waals surface area contributed by atoms with Crippen LogP contribution in [0.15, 0.2) is 9.59 Å². The fourth-order valence-corrected chi connectivity index (χ4v) is 5.12. The van der Waals surface area contributed by atoms with Gasteiger partial charge in [0.2, 0.25) is 0 Å².